The molecule has 17 heavy (non-hydrogen) atoms. The van der Waals surface area contributed by atoms with E-state index in [4.69, 9.17) is 5.73 Å². The molecule has 1 saturated heterocycles. The maximum absolute atomic E-state index is 5.73. The third-order valence-electron chi connectivity index (χ3n) is 3.46. The summed E-state index contributed by atoms with van der Waals surface area (Å²) in [5.74, 6) is 1.74. The normalized spacial score (nSPS) is 21.4. The van der Waals surface area contributed by atoms with Crippen molar-refractivity contribution in [1.29, 1.82) is 0 Å². The van der Waals surface area contributed by atoms with Gasteiger partial charge >= 0.3 is 0 Å². The van der Waals surface area contributed by atoms with Crippen LogP contribution in [0, 0.1) is 5.92 Å². The summed E-state index contributed by atoms with van der Waals surface area (Å²) in [5, 5.41) is 8.42. The van der Waals surface area contributed by atoms with E-state index < -0.39 is 0 Å². The molecule has 0 radical (unpaired) electrons. The zero-order chi connectivity index (χ0) is 11.8. The van der Waals surface area contributed by atoms with Gasteiger partial charge in [0, 0.05) is 30.9 Å². The van der Waals surface area contributed by atoms with E-state index in [1.54, 1.807) is 0 Å². The number of hydrogen-bond donors (Lipinski definition) is 1. The number of hydrogen-bond acceptors (Lipinski definition) is 4. The highest BCUT2D eigenvalue weighted by molar-refractivity contribution is 5.51. The Morgan fingerprint density at radius 1 is 1.47 bits per heavy atom. The Labute approximate surface area is 100 Å². The van der Waals surface area contributed by atoms with Gasteiger partial charge in [0.2, 0.25) is 0 Å². The first kappa shape index (κ1) is 10.5. The van der Waals surface area contributed by atoms with E-state index in [1.807, 2.05) is 22.7 Å². The van der Waals surface area contributed by atoms with E-state index in [2.05, 4.69) is 22.1 Å². The zero-order valence-corrected chi connectivity index (χ0v) is 10.0. The maximum Gasteiger partial charge on any atom is 0.162 e. The molecule has 2 aromatic heterocycles. The van der Waals surface area contributed by atoms with Crippen LogP contribution in [0.2, 0.25) is 0 Å². The molecule has 0 aliphatic carbocycles. The maximum atomic E-state index is 5.73. The number of aromatic nitrogens is 3. The van der Waals surface area contributed by atoms with Gasteiger partial charge in [-0.25, -0.2) is 0 Å². The average molecular weight is 231 g/mol. The van der Waals surface area contributed by atoms with Crippen LogP contribution in [0.1, 0.15) is 12.2 Å². The predicted molar refractivity (Wildman–Crippen MR) is 66.7 cm³/mol. The van der Waals surface area contributed by atoms with Crippen LogP contribution < -0.4 is 5.73 Å². The number of nitrogens with zero attached hydrogens (tertiary/aromatic N) is 4. The number of nitrogens with two attached hydrogens (primary N) is 1. The van der Waals surface area contributed by atoms with Gasteiger partial charge in [0.25, 0.3) is 0 Å². The van der Waals surface area contributed by atoms with Gasteiger partial charge in [-0.2, -0.15) is 0 Å². The second kappa shape index (κ2) is 4.00. The van der Waals surface area contributed by atoms with Crippen LogP contribution in [0.25, 0.3) is 5.65 Å². The molecular formula is C12H17N5. The van der Waals surface area contributed by atoms with Crippen molar-refractivity contribution >= 4 is 11.3 Å². The van der Waals surface area contributed by atoms with Gasteiger partial charge in [0.15, 0.2) is 5.65 Å². The van der Waals surface area contributed by atoms with Gasteiger partial charge in [0.05, 0.1) is 0 Å². The molecule has 0 aromatic carbocycles. The molecule has 0 spiro atoms. The van der Waals surface area contributed by atoms with Gasteiger partial charge < -0.3 is 10.6 Å². The van der Waals surface area contributed by atoms with Crippen LogP contribution in [-0.2, 0) is 6.42 Å². The van der Waals surface area contributed by atoms with Crippen LogP contribution in [0.5, 0.6) is 0 Å². The molecule has 1 atom stereocenters. The fraction of sp³-hybridized carbons (Fsp3) is 0.500. The Bertz CT molecular complexity index is 533. The summed E-state index contributed by atoms with van der Waals surface area (Å²) in [6, 6.07) is 3.75. The second-order valence-corrected chi connectivity index (χ2v) is 4.93. The van der Waals surface area contributed by atoms with Crippen molar-refractivity contribution in [2.75, 3.05) is 25.9 Å². The van der Waals surface area contributed by atoms with Crippen LogP contribution in [0.15, 0.2) is 18.3 Å². The molecule has 3 heterocycles. The Hall–Kier alpha value is -1.62. The molecule has 5 heteroatoms. The van der Waals surface area contributed by atoms with Crippen molar-refractivity contribution in [3.05, 3.63) is 24.2 Å². The molecule has 3 rings (SSSR count). The van der Waals surface area contributed by atoms with Crippen LogP contribution in [0.4, 0.5) is 5.69 Å². The van der Waals surface area contributed by atoms with Gasteiger partial charge in [-0.1, -0.05) is 0 Å². The standard InChI is InChI=1S/C12H17N5/c1-16-4-2-9(8-16)6-11-14-15-12-7-10(13)3-5-17(11)12/h3,5,7,9H,2,4,6,8,13H2,1H3. The molecule has 0 amide bonds. The van der Waals surface area contributed by atoms with Crippen LogP contribution >= 0.6 is 0 Å². The molecule has 2 N–H and O–H groups in total. The van der Waals surface area contributed by atoms with Gasteiger partial charge in [-0.05, 0) is 32.0 Å². The van der Waals surface area contributed by atoms with Crippen molar-refractivity contribution in [1.82, 2.24) is 19.5 Å². The van der Waals surface area contributed by atoms with E-state index in [-0.39, 0.29) is 0 Å². The van der Waals surface area contributed by atoms with Crippen molar-refractivity contribution in [3.8, 4) is 0 Å². The molecule has 1 unspecified atom stereocenters. The van der Waals surface area contributed by atoms with Gasteiger partial charge in [-0.3, -0.25) is 4.40 Å². The molecule has 0 saturated carbocycles. The van der Waals surface area contributed by atoms with Gasteiger partial charge in [0.1, 0.15) is 5.82 Å². The molecule has 5 nitrogen and oxygen atoms in total. The molecule has 1 aliphatic rings. The number of rotatable bonds is 2. The molecule has 0 bridgehead atoms. The highest BCUT2D eigenvalue weighted by atomic mass is 15.2. The third-order valence-corrected chi connectivity index (χ3v) is 3.46. The summed E-state index contributed by atoms with van der Waals surface area (Å²) in [6.45, 7) is 2.35. The fourth-order valence-corrected chi connectivity index (χ4v) is 2.55. The lowest BCUT2D eigenvalue weighted by Gasteiger charge is -2.08. The number of likely N-dealkylation sites (tertiary alicyclic amines) is 1. The average Bonchev–Trinajstić information content (AvgIpc) is 2.86. The highest BCUT2D eigenvalue weighted by Crippen LogP contribution is 2.19. The minimum atomic E-state index is 0.699. The van der Waals surface area contributed by atoms with E-state index in [9.17, 15) is 0 Å². The number of nitrogen functional groups attached to an aromatic ring is 1. The first-order valence-electron chi connectivity index (χ1n) is 6.00. The Balaban J connectivity index is 1.85. The summed E-state index contributed by atoms with van der Waals surface area (Å²) >= 11 is 0. The lowest BCUT2D eigenvalue weighted by atomic mass is 10.0. The van der Waals surface area contributed by atoms with E-state index in [0.29, 0.717) is 5.92 Å². The predicted octanol–water partition coefficient (Wildman–Crippen LogP) is 0.806. The summed E-state index contributed by atoms with van der Waals surface area (Å²) in [7, 11) is 2.17. The molecule has 90 valence electrons. The Kier molecular flexibility index (Phi) is 2.48. The van der Waals surface area contributed by atoms with Crippen molar-refractivity contribution in [2.24, 2.45) is 5.92 Å². The molecule has 2 aromatic rings. The summed E-state index contributed by atoms with van der Waals surface area (Å²) in [6.07, 6.45) is 4.20. The number of anilines is 1. The second-order valence-electron chi connectivity index (χ2n) is 4.93. The largest absolute Gasteiger partial charge is 0.399 e. The molecule has 1 aliphatic heterocycles. The number of fused-ring (bicyclic) bond motifs is 1. The Morgan fingerprint density at radius 2 is 2.35 bits per heavy atom. The molecular weight excluding hydrogens is 214 g/mol. The SMILES string of the molecule is CN1CCC(Cc2nnc3cc(N)ccn23)C1. The minimum absolute atomic E-state index is 0.699. The first-order valence-corrected chi connectivity index (χ1v) is 6.00. The highest BCUT2D eigenvalue weighted by Gasteiger charge is 2.21. The summed E-state index contributed by atoms with van der Waals surface area (Å²) in [5.41, 5.74) is 7.30. The fourth-order valence-electron chi connectivity index (χ4n) is 2.55. The minimum Gasteiger partial charge on any atom is -0.399 e. The van der Waals surface area contributed by atoms with E-state index >= 15 is 0 Å². The van der Waals surface area contributed by atoms with Crippen LogP contribution in [-0.4, -0.2) is 39.6 Å². The van der Waals surface area contributed by atoms with E-state index in [1.165, 1.54) is 13.0 Å². The third kappa shape index (κ3) is 1.98. The van der Waals surface area contributed by atoms with Crippen LogP contribution in [0.3, 0.4) is 0 Å². The lowest BCUT2D eigenvalue weighted by Crippen LogP contribution is -2.15. The quantitative estimate of drug-likeness (QED) is 0.830. The van der Waals surface area contributed by atoms with E-state index in [0.717, 1.165) is 30.1 Å². The smallest absolute Gasteiger partial charge is 0.162 e. The topological polar surface area (TPSA) is 59.5 Å². The zero-order valence-electron chi connectivity index (χ0n) is 10.0. The van der Waals surface area contributed by atoms with Gasteiger partial charge in [-0.15, -0.1) is 10.2 Å². The number of pyridine rings is 1. The first-order chi connectivity index (χ1) is 8.22. The van der Waals surface area contributed by atoms with Crippen molar-refractivity contribution in [3.63, 3.8) is 0 Å². The van der Waals surface area contributed by atoms with Crippen molar-refractivity contribution in [2.45, 2.75) is 12.8 Å². The lowest BCUT2D eigenvalue weighted by molar-refractivity contribution is 0.392. The summed E-state index contributed by atoms with van der Waals surface area (Å²) in [4.78, 5) is 2.37. The Morgan fingerprint density at radius 3 is 3.12 bits per heavy atom. The molecule has 1 fully saturated rings. The monoisotopic (exact) mass is 231 g/mol. The summed E-state index contributed by atoms with van der Waals surface area (Å²) < 4.78 is 2.04. The van der Waals surface area contributed by atoms with Crippen molar-refractivity contribution < 1.29 is 0 Å².